The van der Waals surface area contributed by atoms with Gasteiger partial charge in [-0.2, -0.15) is 0 Å². The summed E-state index contributed by atoms with van der Waals surface area (Å²) in [6, 6.07) is 4.88. The van der Waals surface area contributed by atoms with Crippen LogP contribution in [0.25, 0.3) is 0 Å². The highest BCUT2D eigenvalue weighted by molar-refractivity contribution is 5.44. The molecule has 1 aromatic rings. The van der Waals surface area contributed by atoms with E-state index >= 15 is 0 Å². The molecule has 0 aliphatic carbocycles. The summed E-state index contributed by atoms with van der Waals surface area (Å²) in [4.78, 5) is 0. The maximum Gasteiger partial charge on any atom is 0.161 e. The van der Waals surface area contributed by atoms with E-state index in [0.717, 1.165) is 0 Å². The number of benzene rings is 1. The fraction of sp³-hybridized carbons (Fsp3) is 0.167. The van der Waals surface area contributed by atoms with Crippen molar-refractivity contribution in [3.05, 3.63) is 43.5 Å². The van der Waals surface area contributed by atoms with Crippen molar-refractivity contribution in [2.24, 2.45) is 0 Å². The van der Waals surface area contributed by atoms with Crippen molar-refractivity contribution in [1.82, 2.24) is 0 Å². The van der Waals surface area contributed by atoms with Crippen LogP contribution in [0.4, 0.5) is 0 Å². The van der Waals surface area contributed by atoms with Gasteiger partial charge in [0, 0.05) is 6.07 Å². The van der Waals surface area contributed by atoms with Gasteiger partial charge in [-0.1, -0.05) is 25.3 Å². The third-order valence-electron chi connectivity index (χ3n) is 1.65. The van der Waals surface area contributed by atoms with Crippen molar-refractivity contribution in [3.8, 4) is 17.2 Å². The summed E-state index contributed by atoms with van der Waals surface area (Å²) in [5, 5.41) is 9.55. The largest absolute Gasteiger partial charge is 0.504 e. The minimum Gasteiger partial charge on any atom is -0.504 e. The number of ether oxygens (including phenoxy) is 2. The first-order chi connectivity index (χ1) is 7.27. The molecule has 0 bridgehead atoms. The molecule has 3 heteroatoms. The Morgan fingerprint density at radius 2 is 1.80 bits per heavy atom. The van der Waals surface area contributed by atoms with Crippen LogP contribution < -0.4 is 9.47 Å². The van der Waals surface area contributed by atoms with Gasteiger partial charge < -0.3 is 14.6 Å². The Kier molecular flexibility index (Phi) is 4.29. The molecule has 1 aromatic carbocycles. The molecule has 0 saturated carbocycles. The molecule has 0 heterocycles. The predicted molar refractivity (Wildman–Crippen MR) is 59.5 cm³/mol. The van der Waals surface area contributed by atoms with Crippen molar-refractivity contribution < 1.29 is 14.6 Å². The second kappa shape index (κ2) is 5.75. The van der Waals surface area contributed by atoms with Crippen molar-refractivity contribution in [3.63, 3.8) is 0 Å². The fourth-order valence-corrected chi connectivity index (χ4v) is 1.01. The van der Waals surface area contributed by atoms with Gasteiger partial charge in [-0.15, -0.1) is 0 Å². The molecule has 1 rings (SSSR count). The summed E-state index contributed by atoms with van der Waals surface area (Å²) in [5.74, 6) is 1.05. The Bertz CT molecular complexity index is 345. The molecule has 80 valence electrons. The summed E-state index contributed by atoms with van der Waals surface area (Å²) >= 11 is 0. The van der Waals surface area contributed by atoms with Gasteiger partial charge in [0.05, 0.1) is 0 Å². The molecule has 15 heavy (non-hydrogen) atoms. The molecule has 1 N–H and O–H groups in total. The third-order valence-corrected chi connectivity index (χ3v) is 1.65. The van der Waals surface area contributed by atoms with Gasteiger partial charge in [0.25, 0.3) is 0 Å². The van der Waals surface area contributed by atoms with Crippen LogP contribution in [0.2, 0.25) is 0 Å². The summed E-state index contributed by atoms with van der Waals surface area (Å²) in [5.41, 5.74) is 0. The highest BCUT2D eigenvalue weighted by Crippen LogP contribution is 2.30. The number of phenols is 1. The Morgan fingerprint density at radius 1 is 1.13 bits per heavy atom. The van der Waals surface area contributed by atoms with Crippen molar-refractivity contribution in [2.45, 2.75) is 0 Å². The highest BCUT2D eigenvalue weighted by atomic mass is 16.5. The number of phenolic OH excluding ortho intramolecular Hbond substituents is 1. The van der Waals surface area contributed by atoms with Crippen LogP contribution in [0.3, 0.4) is 0 Å². The lowest BCUT2D eigenvalue weighted by Gasteiger charge is -2.08. The van der Waals surface area contributed by atoms with Crippen LogP contribution in [-0.4, -0.2) is 18.3 Å². The van der Waals surface area contributed by atoms with E-state index < -0.39 is 0 Å². The average Bonchev–Trinajstić information content (AvgIpc) is 2.25. The van der Waals surface area contributed by atoms with E-state index in [4.69, 9.17) is 9.47 Å². The van der Waals surface area contributed by atoms with Crippen LogP contribution in [0.5, 0.6) is 17.2 Å². The third kappa shape index (κ3) is 3.38. The number of hydrogen-bond donors (Lipinski definition) is 1. The predicted octanol–water partition coefficient (Wildman–Crippen LogP) is 2.52. The van der Waals surface area contributed by atoms with Crippen LogP contribution in [0.1, 0.15) is 0 Å². The molecule has 3 nitrogen and oxygen atoms in total. The molecule has 0 fully saturated rings. The zero-order chi connectivity index (χ0) is 11.1. The lowest BCUT2D eigenvalue weighted by Crippen LogP contribution is -1.95. The van der Waals surface area contributed by atoms with Gasteiger partial charge in [0.1, 0.15) is 19.0 Å². The van der Waals surface area contributed by atoms with Crippen LogP contribution >= 0.6 is 0 Å². The second-order valence-electron chi connectivity index (χ2n) is 2.83. The van der Waals surface area contributed by atoms with Gasteiger partial charge in [0.15, 0.2) is 11.5 Å². The Labute approximate surface area is 89.3 Å². The Morgan fingerprint density at radius 3 is 2.40 bits per heavy atom. The molecule has 0 atom stereocenters. The molecule has 0 spiro atoms. The van der Waals surface area contributed by atoms with Crippen LogP contribution in [0, 0.1) is 0 Å². The number of aromatic hydroxyl groups is 1. The quantitative estimate of drug-likeness (QED) is 0.727. The first kappa shape index (κ1) is 11.2. The molecule has 0 amide bonds. The molecular formula is C12H14O3. The topological polar surface area (TPSA) is 38.7 Å². The summed E-state index contributed by atoms with van der Waals surface area (Å²) in [6.45, 7) is 7.82. The van der Waals surface area contributed by atoms with Gasteiger partial charge >= 0.3 is 0 Å². The molecule has 0 aromatic heterocycles. The number of hydrogen-bond acceptors (Lipinski definition) is 3. The minimum absolute atomic E-state index is 0.0541. The summed E-state index contributed by atoms with van der Waals surface area (Å²) in [6.07, 6.45) is 3.25. The van der Waals surface area contributed by atoms with E-state index in [1.807, 2.05) is 0 Å². The van der Waals surface area contributed by atoms with Crippen molar-refractivity contribution in [1.29, 1.82) is 0 Å². The maximum absolute atomic E-state index is 9.55. The van der Waals surface area contributed by atoms with E-state index in [9.17, 15) is 5.11 Å². The zero-order valence-electron chi connectivity index (χ0n) is 8.48. The normalized spacial score (nSPS) is 9.33. The van der Waals surface area contributed by atoms with Gasteiger partial charge in [0.2, 0.25) is 0 Å². The molecule has 0 aliphatic rings. The molecule has 0 radical (unpaired) electrons. The zero-order valence-corrected chi connectivity index (χ0v) is 8.48. The van der Waals surface area contributed by atoms with Crippen LogP contribution in [-0.2, 0) is 0 Å². The second-order valence-corrected chi connectivity index (χ2v) is 2.83. The standard InChI is InChI=1S/C12H14O3/c1-3-7-14-10-5-6-12(11(13)9-10)15-8-4-2/h3-6,9,13H,1-2,7-8H2. The highest BCUT2D eigenvalue weighted by Gasteiger charge is 2.03. The van der Waals surface area contributed by atoms with E-state index in [1.54, 1.807) is 24.3 Å². The van der Waals surface area contributed by atoms with E-state index in [2.05, 4.69) is 13.2 Å². The van der Waals surface area contributed by atoms with Gasteiger partial charge in [-0.25, -0.2) is 0 Å². The summed E-state index contributed by atoms with van der Waals surface area (Å²) < 4.78 is 10.4. The Balaban J connectivity index is 2.69. The number of rotatable bonds is 6. The van der Waals surface area contributed by atoms with E-state index in [1.165, 1.54) is 6.07 Å². The fourth-order valence-electron chi connectivity index (χ4n) is 1.01. The smallest absolute Gasteiger partial charge is 0.161 e. The molecule has 0 saturated heterocycles. The first-order valence-corrected chi connectivity index (χ1v) is 4.58. The van der Waals surface area contributed by atoms with Crippen molar-refractivity contribution >= 4 is 0 Å². The van der Waals surface area contributed by atoms with Gasteiger partial charge in [-0.3, -0.25) is 0 Å². The lowest BCUT2D eigenvalue weighted by atomic mass is 10.3. The molecule has 0 unspecified atom stereocenters. The van der Waals surface area contributed by atoms with E-state index in [0.29, 0.717) is 24.7 Å². The SMILES string of the molecule is C=CCOc1ccc(OCC=C)c(O)c1. The molecular weight excluding hydrogens is 192 g/mol. The maximum atomic E-state index is 9.55. The average molecular weight is 206 g/mol. The molecule has 0 aliphatic heterocycles. The summed E-state index contributed by atoms with van der Waals surface area (Å²) in [7, 11) is 0. The van der Waals surface area contributed by atoms with Gasteiger partial charge in [-0.05, 0) is 12.1 Å². The monoisotopic (exact) mass is 206 g/mol. The Hall–Kier alpha value is -1.90. The van der Waals surface area contributed by atoms with Crippen LogP contribution in [0.15, 0.2) is 43.5 Å². The first-order valence-electron chi connectivity index (χ1n) is 4.58. The lowest BCUT2D eigenvalue weighted by molar-refractivity contribution is 0.329. The minimum atomic E-state index is 0.0541. The van der Waals surface area contributed by atoms with E-state index in [-0.39, 0.29) is 5.75 Å². The van der Waals surface area contributed by atoms with Crippen molar-refractivity contribution in [2.75, 3.05) is 13.2 Å².